The molecule has 0 aliphatic rings. The molecule has 3 aromatic rings. The summed E-state index contributed by atoms with van der Waals surface area (Å²) in [6.07, 6.45) is 0. The van der Waals surface area contributed by atoms with E-state index in [1.165, 1.54) is 0 Å². The number of phosphoric ester groups is 1. The maximum absolute atomic E-state index is 13.1. The summed E-state index contributed by atoms with van der Waals surface area (Å²) in [5.41, 5.74) is 1.06. The number of hydrogen-bond donors (Lipinski definition) is 0. The van der Waals surface area contributed by atoms with Gasteiger partial charge in [-0.15, -0.1) is 0 Å². The molecule has 3 rings (SSSR count). The van der Waals surface area contributed by atoms with E-state index < -0.39 is 7.82 Å². The van der Waals surface area contributed by atoms with Gasteiger partial charge in [0.05, 0.1) is 19.8 Å². The lowest BCUT2D eigenvalue weighted by Crippen LogP contribution is -2.09. The number of phosphoric acid groups is 1. The number of hydrogen-bond acceptors (Lipinski definition) is 5. The minimum absolute atomic E-state index is 0.0732. The second kappa shape index (κ2) is 9.93. The van der Waals surface area contributed by atoms with Crippen LogP contribution in [0.1, 0.15) is 5.56 Å². The number of ether oxygens (including phenoxy) is 1. The number of benzene rings is 3. The Morgan fingerprint density at radius 2 is 1.11 bits per heavy atom. The van der Waals surface area contributed by atoms with Crippen molar-refractivity contribution < 1.29 is 22.9 Å². The molecule has 0 amide bonds. The van der Waals surface area contributed by atoms with Crippen molar-refractivity contribution >= 4 is 7.82 Å². The van der Waals surface area contributed by atoms with E-state index >= 15 is 0 Å². The third kappa shape index (κ3) is 6.57. The van der Waals surface area contributed by atoms with E-state index in [1.54, 1.807) is 48.5 Å². The van der Waals surface area contributed by atoms with Crippen molar-refractivity contribution in [2.75, 3.05) is 13.2 Å². The first kappa shape index (κ1) is 19.2. The molecule has 0 unspecified atom stereocenters. The van der Waals surface area contributed by atoms with Gasteiger partial charge in [-0.05, 0) is 29.8 Å². The van der Waals surface area contributed by atoms with Crippen LogP contribution in [0.15, 0.2) is 91.0 Å². The van der Waals surface area contributed by atoms with Gasteiger partial charge in [-0.25, -0.2) is 4.57 Å². The normalized spacial score (nSPS) is 11.1. The molecule has 0 aromatic heterocycles. The molecule has 0 aliphatic heterocycles. The highest BCUT2D eigenvalue weighted by molar-refractivity contribution is 7.49. The first-order chi connectivity index (χ1) is 13.2. The zero-order chi connectivity index (χ0) is 18.8. The van der Waals surface area contributed by atoms with Crippen molar-refractivity contribution in [2.45, 2.75) is 6.61 Å². The molecule has 5 nitrogen and oxygen atoms in total. The van der Waals surface area contributed by atoms with E-state index in [4.69, 9.17) is 18.3 Å². The minimum Gasteiger partial charge on any atom is -0.395 e. The average Bonchev–Trinajstić information content (AvgIpc) is 2.70. The first-order valence-corrected chi connectivity index (χ1v) is 10.1. The Kier molecular flexibility index (Phi) is 7.05. The summed E-state index contributed by atoms with van der Waals surface area (Å²) < 4.78 is 35.1. The summed E-state index contributed by atoms with van der Waals surface area (Å²) in [5, 5.41) is 0. The van der Waals surface area contributed by atoms with Crippen molar-refractivity contribution in [1.29, 1.82) is 0 Å². The van der Waals surface area contributed by atoms with Crippen LogP contribution in [0.5, 0.6) is 11.5 Å². The summed E-state index contributed by atoms with van der Waals surface area (Å²) in [6, 6.07) is 27.4. The second-order valence-electron chi connectivity index (χ2n) is 5.63. The first-order valence-electron chi connectivity index (χ1n) is 8.59. The standard InChI is InChI=1S/C21H21O5P/c22-27(25-20-12-6-2-7-13-20,26-21-14-8-3-9-15-21)24-17-16-23-18-19-10-4-1-5-11-19/h1-15H,16-18H2. The highest BCUT2D eigenvalue weighted by atomic mass is 31.2. The molecule has 140 valence electrons. The predicted molar refractivity (Wildman–Crippen MR) is 104 cm³/mol. The molecule has 0 spiro atoms. The van der Waals surface area contributed by atoms with Gasteiger partial charge in [0.2, 0.25) is 0 Å². The monoisotopic (exact) mass is 384 g/mol. The highest BCUT2D eigenvalue weighted by Crippen LogP contribution is 2.49. The van der Waals surface area contributed by atoms with Gasteiger partial charge in [-0.2, -0.15) is 0 Å². The van der Waals surface area contributed by atoms with E-state index in [-0.39, 0.29) is 13.2 Å². The van der Waals surface area contributed by atoms with E-state index in [0.29, 0.717) is 18.1 Å². The summed E-state index contributed by atoms with van der Waals surface area (Å²) in [4.78, 5) is 0. The molecule has 6 heteroatoms. The third-order valence-electron chi connectivity index (χ3n) is 3.51. The molecule has 0 bridgehead atoms. The smallest absolute Gasteiger partial charge is 0.395 e. The Hall–Kier alpha value is -2.59. The Morgan fingerprint density at radius 1 is 0.630 bits per heavy atom. The van der Waals surface area contributed by atoms with Gasteiger partial charge in [0.25, 0.3) is 0 Å². The van der Waals surface area contributed by atoms with Crippen LogP contribution < -0.4 is 9.05 Å². The van der Waals surface area contributed by atoms with Crippen molar-refractivity contribution in [3.63, 3.8) is 0 Å². The summed E-state index contributed by atoms with van der Waals surface area (Å²) in [6.45, 7) is 0.784. The van der Waals surface area contributed by atoms with Gasteiger partial charge < -0.3 is 13.8 Å². The van der Waals surface area contributed by atoms with Crippen molar-refractivity contribution in [3.8, 4) is 11.5 Å². The van der Waals surface area contributed by atoms with Crippen LogP contribution in [-0.2, 0) is 20.4 Å². The Bertz CT molecular complexity index is 795. The maximum Gasteiger partial charge on any atom is 0.587 e. The van der Waals surface area contributed by atoms with Crippen molar-refractivity contribution in [1.82, 2.24) is 0 Å². The van der Waals surface area contributed by atoms with Crippen LogP contribution in [0.3, 0.4) is 0 Å². The Balaban J connectivity index is 1.56. The van der Waals surface area contributed by atoms with Gasteiger partial charge in [-0.3, -0.25) is 4.52 Å². The lowest BCUT2D eigenvalue weighted by molar-refractivity contribution is 0.0785. The summed E-state index contributed by atoms with van der Waals surface area (Å²) in [5.74, 6) is 0.809. The van der Waals surface area contributed by atoms with E-state index in [1.807, 2.05) is 42.5 Å². The molecule has 0 N–H and O–H groups in total. The molecule has 0 saturated heterocycles. The quantitative estimate of drug-likeness (QED) is 0.342. The maximum atomic E-state index is 13.1. The zero-order valence-electron chi connectivity index (χ0n) is 14.8. The van der Waals surface area contributed by atoms with Gasteiger partial charge in [-0.1, -0.05) is 66.7 Å². The van der Waals surface area contributed by atoms with Crippen LogP contribution in [-0.4, -0.2) is 13.2 Å². The molecular weight excluding hydrogens is 363 g/mol. The summed E-state index contributed by atoms with van der Waals surface area (Å²) >= 11 is 0. The van der Waals surface area contributed by atoms with Crippen LogP contribution >= 0.6 is 7.82 Å². The molecule has 0 radical (unpaired) electrons. The molecule has 0 fully saturated rings. The number of rotatable bonds is 10. The van der Waals surface area contributed by atoms with Gasteiger partial charge in [0, 0.05) is 0 Å². The Labute approximate surface area is 159 Å². The van der Waals surface area contributed by atoms with Crippen molar-refractivity contribution in [2.24, 2.45) is 0 Å². The van der Waals surface area contributed by atoms with Crippen LogP contribution in [0.2, 0.25) is 0 Å². The topological polar surface area (TPSA) is 54.0 Å². The average molecular weight is 384 g/mol. The molecule has 0 atom stereocenters. The summed E-state index contributed by atoms with van der Waals surface area (Å²) in [7, 11) is -3.86. The molecule has 3 aromatic carbocycles. The molecular formula is C21H21O5P. The fourth-order valence-corrected chi connectivity index (χ4v) is 3.47. The van der Waals surface area contributed by atoms with Gasteiger partial charge in [0.15, 0.2) is 0 Å². The number of para-hydroxylation sites is 2. The van der Waals surface area contributed by atoms with Gasteiger partial charge in [0.1, 0.15) is 11.5 Å². The SMILES string of the molecule is O=P(OCCOCc1ccccc1)(Oc1ccccc1)Oc1ccccc1. The highest BCUT2D eigenvalue weighted by Gasteiger charge is 2.30. The lowest BCUT2D eigenvalue weighted by Gasteiger charge is -2.19. The predicted octanol–water partition coefficient (Wildman–Crippen LogP) is 5.49. The Morgan fingerprint density at radius 3 is 1.63 bits per heavy atom. The van der Waals surface area contributed by atoms with Crippen LogP contribution in [0, 0.1) is 0 Å². The minimum atomic E-state index is -3.86. The molecule has 27 heavy (non-hydrogen) atoms. The largest absolute Gasteiger partial charge is 0.587 e. The molecule has 0 saturated carbocycles. The van der Waals surface area contributed by atoms with Crippen LogP contribution in [0.4, 0.5) is 0 Å². The second-order valence-corrected chi connectivity index (χ2v) is 7.15. The molecule has 0 heterocycles. The van der Waals surface area contributed by atoms with Gasteiger partial charge >= 0.3 is 7.82 Å². The van der Waals surface area contributed by atoms with E-state index in [9.17, 15) is 4.57 Å². The van der Waals surface area contributed by atoms with E-state index in [0.717, 1.165) is 5.56 Å². The van der Waals surface area contributed by atoms with E-state index in [2.05, 4.69) is 0 Å². The lowest BCUT2D eigenvalue weighted by atomic mass is 10.2. The molecule has 0 aliphatic carbocycles. The van der Waals surface area contributed by atoms with Crippen LogP contribution in [0.25, 0.3) is 0 Å². The fraction of sp³-hybridized carbons (Fsp3) is 0.143. The fourth-order valence-electron chi connectivity index (χ4n) is 2.26. The zero-order valence-corrected chi connectivity index (χ0v) is 15.7. The third-order valence-corrected chi connectivity index (χ3v) is 4.88. The van der Waals surface area contributed by atoms with Crippen molar-refractivity contribution in [3.05, 3.63) is 96.6 Å².